The summed E-state index contributed by atoms with van der Waals surface area (Å²) < 4.78 is 12.7. The molecule has 1 aliphatic heterocycles. The number of methoxy groups -OCH3 is 1. The van der Waals surface area contributed by atoms with Crippen molar-refractivity contribution in [3.8, 4) is 0 Å². The molecule has 1 atom stereocenters. The number of rotatable bonds is 5. The molecule has 1 unspecified atom stereocenters. The van der Waals surface area contributed by atoms with Crippen LogP contribution in [0.4, 0.5) is 0 Å². The molecule has 6 heteroatoms. The third kappa shape index (κ3) is 3.43. The van der Waals surface area contributed by atoms with E-state index in [1.54, 1.807) is 18.4 Å². The molecule has 1 aliphatic rings. The monoisotopic (exact) mass is 339 g/mol. The molecule has 1 fully saturated rings. The molecule has 0 radical (unpaired) electrons. The first-order chi connectivity index (χ1) is 8.15. The Hall–Kier alpha value is 0.350. The Labute approximate surface area is 119 Å². The van der Waals surface area contributed by atoms with Crippen molar-refractivity contribution in [3.05, 3.63) is 19.8 Å². The molecule has 0 aliphatic carbocycles. The minimum absolute atomic E-state index is 0.154. The van der Waals surface area contributed by atoms with E-state index in [-0.39, 0.29) is 5.60 Å². The van der Waals surface area contributed by atoms with Crippen molar-refractivity contribution in [1.29, 1.82) is 0 Å². The van der Waals surface area contributed by atoms with Gasteiger partial charge in [0, 0.05) is 42.6 Å². The van der Waals surface area contributed by atoms with Crippen LogP contribution >= 0.6 is 38.9 Å². The molecular weight excluding hydrogens is 326 g/mol. The zero-order valence-corrected chi connectivity index (χ0v) is 12.8. The van der Waals surface area contributed by atoms with Gasteiger partial charge in [-0.15, -0.1) is 11.3 Å². The smallest absolute Gasteiger partial charge is 0.107 e. The summed E-state index contributed by atoms with van der Waals surface area (Å²) in [5.41, 5.74) is -0.154. The molecule has 1 aromatic heterocycles. The highest BCUT2D eigenvalue weighted by atomic mass is 79.9. The maximum atomic E-state index is 5.99. The van der Waals surface area contributed by atoms with Crippen LogP contribution < -0.4 is 5.32 Å². The maximum Gasteiger partial charge on any atom is 0.107 e. The molecule has 2 rings (SSSR count). The Bertz CT molecular complexity index is 360. The number of hydrogen-bond donors (Lipinski definition) is 1. The van der Waals surface area contributed by atoms with Gasteiger partial charge in [-0.2, -0.15) is 0 Å². The van der Waals surface area contributed by atoms with Crippen LogP contribution in [0.2, 0.25) is 4.34 Å². The van der Waals surface area contributed by atoms with Crippen molar-refractivity contribution >= 4 is 38.9 Å². The molecular formula is C11H15BrClNO2S. The van der Waals surface area contributed by atoms with Gasteiger partial charge in [0.2, 0.25) is 0 Å². The van der Waals surface area contributed by atoms with E-state index in [1.165, 1.54) is 4.88 Å². The Morgan fingerprint density at radius 2 is 2.53 bits per heavy atom. The predicted octanol–water partition coefficient (Wildman–Crippen LogP) is 3.06. The van der Waals surface area contributed by atoms with Gasteiger partial charge in [0.15, 0.2) is 0 Å². The predicted molar refractivity (Wildman–Crippen MR) is 73.9 cm³/mol. The van der Waals surface area contributed by atoms with Crippen LogP contribution in [0.1, 0.15) is 11.3 Å². The Kier molecular flexibility index (Phi) is 4.86. The highest BCUT2D eigenvalue weighted by molar-refractivity contribution is 9.10. The lowest BCUT2D eigenvalue weighted by Crippen LogP contribution is -2.42. The molecule has 0 aromatic carbocycles. The summed E-state index contributed by atoms with van der Waals surface area (Å²) in [4.78, 5) is 1.21. The third-order valence-electron chi connectivity index (χ3n) is 2.94. The average Bonchev–Trinajstić information content (AvgIpc) is 2.89. The van der Waals surface area contributed by atoms with Crippen LogP contribution in [0.15, 0.2) is 10.5 Å². The van der Waals surface area contributed by atoms with Gasteiger partial charge in [-0.1, -0.05) is 11.6 Å². The zero-order chi connectivity index (χ0) is 12.3. The molecule has 3 nitrogen and oxygen atoms in total. The van der Waals surface area contributed by atoms with E-state index >= 15 is 0 Å². The molecule has 0 bridgehead atoms. The van der Waals surface area contributed by atoms with Crippen molar-refractivity contribution < 1.29 is 9.47 Å². The summed E-state index contributed by atoms with van der Waals surface area (Å²) in [6.45, 7) is 3.06. The second-order valence-corrected chi connectivity index (χ2v) is 6.72. The van der Waals surface area contributed by atoms with Gasteiger partial charge in [-0.25, -0.2) is 0 Å². The Morgan fingerprint density at radius 3 is 3.06 bits per heavy atom. The van der Waals surface area contributed by atoms with Gasteiger partial charge < -0.3 is 14.8 Å². The van der Waals surface area contributed by atoms with Crippen LogP contribution in [0, 0.1) is 0 Å². The van der Waals surface area contributed by atoms with Crippen molar-refractivity contribution in [2.24, 2.45) is 0 Å². The van der Waals surface area contributed by atoms with E-state index in [1.807, 2.05) is 6.07 Å². The van der Waals surface area contributed by atoms with Gasteiger partial charge in [0.1, 0.15) is 9.94 Å². The Morgan fingerprint density at radius 1 is 1.71 bits per heavy atom. The largest absolute Gasteiger partial charge is 0.378 e. The maximum absolute atomic E-state index is 5.99. The first-order valence-corrected chi connectivity index (χ1v) is 7.41. The van der Waals surface area contributed by atoms with Gasteiger partial charge in [0.05, 0.1) is 6.61 Å². The minimum atomic E-state index is -0.154. The fourth-order valence-corrected chi connectivity index (χ4v) is 3.61. The van der Waals surface area contributed by atoms with Crippen LogP contribution in [0.25, 0.3) is 0 Å². The molecule has 1 aromatic rings. The summed E-state index contributed by atoms with van der Waals surface area (Å²) in [7, 11) is 1.74. The van der Waals surface area contributed by atoms with Crippen LogP contribution in [-0.2, 0) is 16.0 Å². The summed E-state index contributed by atoms with van der Waals surface area (Å²) in [5.74, 6) is 0. The molecule has 17 heavy (non-hydrogen) atoms. The first-order valence-electron chi connectivity index (χ1n) is 5.42. The topological polar surface area (TPSA) is 30.5 Å². The first kappa shape index (κ1) is 13.8. The van der Waals surface area contributed by atoms with Crippen molar-refractivity contribution in [2.75, 3.05) is 26.9 Å². The third-order valence-corrected chi connectivity index (χ3v) is 5.42. The summed E-state index contributed by atoms with van der Waals surface area (Å²) in [6, 6.07) is 2.05. The van der Waals surface area contributed by atoms with E-state index in [9.17, 15) is 0 Å². The second kappa shape index (κ2) is 5.99. The molecule has 1 N–H and O–H groups in total. The van der Waals surface area contributed by atoms with Crippen molar-refractivity contribution in [2.45, 2.75) is 18.6 Å². The lowest BCUT2D eigenvalue weighted by Gasteiger charge is -2.25. The summed E-state index contributed by atoms with van der Waals surface area (Å²) in [6.07, 6.45) is 0.950. The number of nitrogens with one attached hydrogen (secondary N) is 1. The summed E-state index contributed by atoms with van der Waals surface area (Å²) >= 11 is 11.0. The van der Waals surface area contributed by atoms with E-state index in [0.717, 1.165) is 34.9 Å². The molecule has 1 saturated heterocycles. The van der Waals surface area contributed by atoms with E-state index in [4.69, 9.17) is 21.1 Å². The standard InChI is InChI=1S/C11H15BrClNO2S/c1-15-11(2-3-16-7-11)6-14-5-8-4-9(12)10(13)17-8/h4,14H,2-3,5-7H2,1H3. The van der Waals surface area contributed by atoms with Crippen LogP contribution in [-0.4, -0.2) is 32.5 Å². The van der Waals surface area contributed by atoms with E-state index < -0.39 is 0 Å². The van der Waals surface area contributed by atoms with E-state index in [2.05, 4.69) is 21.2 Å². The normalized spacial score (nSPS) is 24.4. The summed E-state index contributed by atoms with van der Waals surface area (Å²) in [5, 5.41) is 3.40. The van der Waals surface area contributed by atoms with Crippen molar-refractivity contribution in [1.82, 2.24) is 5.32 Å². The van der Waals surface area contributed by atoms with E-state index in [0.29, 0.717) is 6.61 Å². The second-order valence-electron chi connectivity index (χ2n) is 4.13. The molecule has 0 saturated carbocycles. The molecule has 2 heterocycles. The van der Waals surface area contributed by atoms with Gasteiger partial charge >= 0.3 is 0 Å². The van der Waals surface area contributed by atoms with Gasteiger partial charge in [-0.3, -0.25) is 0 Å². The van der Waals surface area contributed by atoms with Gasteiger partial charge in [-0.05, 0) is 22.0 Å². The molecule has 0 amide bonds. The average molecular weight is 341 g/mol. The zero-order valence-electron chi connectivity index (χ0n) is 9.59. The lowest BCUT2D eigenvalue weighted by molar-refractivity contribution is -0.0158. The number of hydrogen-bond acceptors (Lipinski definition) is 4. The van der Waals surface area contributed by atoms with Crippen LogP contribution in [0.5, 0.6) is 0 Å². The highest BCUT2D eigenvalue weighted by Gasteiger charge is 2.34. The minimum Gasteiger partial charge on any atom is -0.378 e. The SMILES string of the molecule is COC1(CNCc2cc(Br)c(Cl)s2)CCOC1. The van der Waals surface area contributed by atoms with Crippen LogP contribution in [0.3, 0.4) is 0 Å². The quantitative estimate of drug-likeness (QED) is 0.893. The molecule has 96 valence electrons. The molecule has 0 spiro atoms. The Balaban J connectivity index is 1.82. The fraction of sp³-hybridized carbons (Fsp3) is 0.636. The number of halogens is 2. The lowest BCUT2D eigenvalue weighted by atomic mass is 10.0. The van der Waals surface area contributed by atoms with Crippen molar-refractivity contribution in [3.63, 3.8) is 0 Å². The number of thiophene rings is 1. The number of ether oxygens (including phenoxy) is 2. The fourth-order valence-electron chi connectivity index (χ4n) is 1.85. The highest BCUT2D eigenvalue weighted by Crippen LogP contribution is 2.32. The van der Waals surface area contributed by atoms with Gasteiger partial charge in [0.25, 0.3) is 0 Å².